The molecule has 0 fully saturated rings. The van der Waals surface area contributed by atoms with E-state index in [0.29, 0.717) is 6.54 Å². The van der Waals surface area contributed by atoms with Crippen molar-refractivity contribution in [3.8, 4) is 0 Å². The summed E-state index contributed by atoms with van der Waals surface area (Å²) in [6.07, 6.45) is 3.00. The van der Waals surface area contributed by atoms with Gasteiger partial charge >= 0.3 is 0 Å². The lowest BCUT2D eigenvalue weighted by Gasteiger charge is -2.01. The molecule has 2 aromatic heterocycles. The van der Waals surface area contributed by atoms with Gasteiger partial charge in [-0.2, -0.15) is 5.10 Å². The molecule has 3 aromatic rings. The van der Waals surface area contributed by atoms with Crippen molar-refractivity contribution in [1.29, 1.82) is 0 Å². The molecule has 0 aliphatic carbocycles. The number of nitrogens with zero attached hydrogens (tertiary/aromatic N) is 5. The van der Waals surface area contributed by atoms with Gasteiger partial charge < -0.3 is 0 Å². The lowest BCUT2D eigenvalue weighted by molar-refractivity contribution is 0.102. The Bertz CT molecular complexity index is 841. The van der Waals surface area contributed by atoms with Crippen LogP contribution in [0.3, 0.4) is 0 Å². The topological polar surface area (TPSA) is 77.6 Å². The highest BCUT2D eigenvalue weighted by Gasteiger charge is 2.16. The molecule has 2 heterocycles. The molecule has 23 heavy (non-hydrogen) atoms. The smallest absolute Gasteiger partial charge is 0.280 e. The second-order valence-electron chi connectivity index (χ2n) is 4.85. The predicted octanol–water partition coefficient (Wildman–Crippen LogP) is 2.10. The summed E-state index contributed by atoms with van der Waals surface area (Å²) in [5.74, 6) is -0.651. The second-order valence-corrected chi connectivity index (χ2v) is 5.25. The van der Waals surface area contributed by atoms with Crippen LogP contribution < -0.4 is 5.32 Å². The van der Waals surface area contributed by atoms with Gasteiger partial charge in [-0.15, -0.1) is 5.10 Å². The summed E-state index contributed by atoms with van der Waals surface area (Å²) in [5.41, 5.74) is 0.964. The van der Waals surface area contributed by atoms with E-state index in [0.717, 1.165) is 5.56 Å². The number of nitrogens with one attached hydrogen (secondary N) is 1. The van der Waals surface area contributed by atoms with Crippen LogP contribution in [-0.4, -0.2) is 30.5 Å². The molecule has 0 aliphatic rings. The van der Waals surface area contributed by atoms with Gasteiger partial charge in [-0.3, -0.25) is 14.8 Å². The number of amides is 1. The zero-order chi connectivity index (χ0) is 16.4. The molecule has 1 aromatic carbocycles. The standard InChI is InChI=1S/C14H12ClFN6O/c1-21-7-11(15)12(19-21)13(23)18-14-17-8-22(20-14)6-9-2-4-10(16)5-3-9/h2-5,7-8H,6H2,1H3,(H,18,20,23). The predicted molar refractivity (Wildman–Crippen MR) is 81.7 cm³/mol. The molecule has 0 bridgehead atoms. The molecule has 3 rings (SSSR count). The fourth-order valence-corrected chi connectivity index (χ4v) is 2.24. The molecule has 118 valence electrons. The number of halogens is 2. The fourth-order valence-electron chi connectivity index (χ4n) is 1.98. The van der Waals surface area contributed by atoms with Gasteiger partial charge in [0, 0.05) is 13.2 Å². The van der Waals surface area contributed by atoms with Gasteiger partial charge in [0.05, 0.1) is 11.6 Å². The van der Waals surface area contributed by atoms with Crippen molar-refractivity contribution in [2.45, 2.75) is 6.54 Å². The second kappa shape index (κ2) is 6.17. The highest BCUT2D eigenvalue weighted by Crippen LogP contribution is 2.14. The number of benzene rings is 1. The van der Waals surface area contributed by atoms with Gasteiger partial charge in [0.1, 0.15) is 12.1 Å². The number of carbonyl (C=O) groups is 1. The highest BCUT2D eigenvalue weighted by atomic mass is 35.5. The molecule has 0 aliphatic heterocycles. The number of aromatic nitrogens is 5. The molecule has 0 spiro atoms. The summed E-state index contributed by atoms with van der Waals surface area (Å²) < 4.78 is 15.8. The molecule has 9 heteroatoms. The maximum Gasteiger partial charge on any atom is 0.280 e. The van der Waals surface area contributed by atoms with E-state index in [1.165, 1.54) is 34.0 Å². The number of anilines is 1. The summed E-state index contributed by atoms with van der Waals surface area (Å²) in [6.45, 7) is 0.410. The van der Waals surface area contributed by atoms with Crippen molar-refractivity contribution in [3.05, 3.63) is 58.9 Å². The van der Waals surface area contributed by atoms with E-state index >= 15 is 0 Å². The molecule has 1 N–H and O–H groups in total. The minimum atomic E-state index is -0.491. The molecule has 0 unspecified atom stereocenters. The van der Waals surface area contributed by atoms with Crippen LogP contribution in [0.4, 0.5) is 10.3 Å². The molecule has 7 nitrogen and oxygen atoms in total. The summed E-state index contributed by atoms with van der Waals surface area (Å²) >= 11 is 5.91. The average Bonchev–Trinajstić information content (AvgIpc) is 3.07. The number of hydrogen-bond donors (Lipinski definition) is 1. The third-order valence-corrected chi connectivity index (χ3v) is 3.30. The fraction of sp³-hybridized carbons (Fsp3) is 0.143. The van der Waals surface area contributed by atoms with Gasteiger partial charge in [0.15, 0.2) is 5.69 Å². The van der Waals surface area contributed by atoms with Crippen molar-refractivity contribution in [3.63, 3.8) is 0 Å². The Morgan fingerprint density at radius 2 is 2.04 bits per heavy atom. The van der Waals surface area contributed by atoms with Crippen LogP contribution in [0.1, 0.15) is 16.1 Å². The largest absolute Gasteiger partial charge is 0.288 e. The first-order valence-corrected chi connectivity index (χ1v) is 7.03. The van der Waals surface area contributed by atoms with E-state index in [4.69, 9.17) is 11.6 Å². The van der Waals surface area contributed by atoms with Crippen LogP contribution in [0.25, 0.3) is 0 Å². The van der Waals surface area contributed by atoms with Gasteiger partial charge in [0.25, 0.3) is 5.91 Å². The minimum Gasteiger partial charge on any atom is -0.288 e. The number of rotatable bonds is 4. The zero-order valence-corrected chi connectivity index (χ0v) is 12.8. The molecular formula is C14H12ClFN6O. The van der Waals surface area contributed by atoms with Gasteiger partial charge in [-0.05, 0) is 17.7 Å². The van der Waals surface area contributed by atoms with Crippen LogP contribution in [0.2, 0.25) is 5.02 Å². The van der Waals surface area contributed by atoms with Crippen molar-refractivity contribution >= 4 is 23.5 Å². The summed E-state index contributed by atoms with van der Waals surface area (Å²) in [5, 5.41) is 10.9. The maximum atomic E-state index is 12.9. The Morgan fingerprint density at radius 3 is 2.70 bits per heavy atom. The summed E-state index contributed by atoms with van der Waals surface area (Å²) in [4.78, 5) is 16.1. The van der Waals surface area contributed by atoms with E-state index < -0.39 is 5.91 Å². The summed E-state index contributed by atoms with van der Waals surface area (Å²) in [6, 6.07) is 6.06. The van der Waals surface area contributed by atoms with Crippen LogP contribution in [0.15, 0.2) is 36.8 Å². The van der Waals surface area contributed by atoms with E-state index in [9.17, 15) is 9.18 Å². The first-order chi connectivity index (χ1) is 11.0. The molecule has 1 amide bonds. The van der Waals surface area contributed by atoms with Gasteiger partial charge in [-0.1, -0.05) is 23.7 Å². The molecule has 0 radical (unpaired) electrons. The Balaban J connectivity index is 1.68. The zero-order valence-electron chi connectivity index (χ0n) is 12.1. The maximum absolute atomic E-state index is 12.9. The van der Waals surface area contributed by atoms with Crippen LogP contribution in [-0.2, 0) is 13.6 Å². The molecule has 0 saturated heterocycles. The first-order valence-electron chi connectivity index (χ1n) is 6.65. The van der Waals surface area contributed by atoms with Crippen molar-refractivity contribution in [1.82, 2.24) is 24.5 Å². The van der Waals surface area contributed by atoms with Gasteiger partial charge in [0.2, 0.25) is 5.95 Å². The minimum absolute atomic E-state index is 0.101. The number of hydrogen-bond acceptors (Lipinski definition) is 4. The Hall–Kier alpha value is -2.74. The lowest BCUT2D eigenvalue weighted by atomic mass is 10.2. The van der Waals surface area contributed by atoms with Gasteiger partial charge in [-0.25, -0.2) is 14.1 Å². The SMILES string of the molecule is Cn1cc(Cl)c(C(=O)Nc2ncn(Cc3ccc(F)cc3)n2)n1. The van der Waals surface area contributed by atoms with E-state index in [2.05, 4.69) is 20.5 Å². The lowest BCUT2D eigenvalue weighted by Crippen LogP contribution is -2.15. The van der Waals surface area contributed by atoms with Crippen LogP contribution >= 0.6 is 11.6 Å². The Morgan fingerprint density at radius 1 is 1.30 bits per heavy atom. The summed E-state index contributed by atoms with van der Waals surface area (Å²) in [7, 11) is 1.67. The molecule has 0 saturated carbocycles. The number of carbonyl (C=O) groups excluding carboxylic acids is 1. The third kappa shape index (κ3) is 3.54. The molecule has 0 atom stereocenters. The number of aryl methyl sites for hydroxylation is 1. The van der Waals surface area contributed by atoms with Crippen molar-refractivity contribution < 1.29 is 9.18 Å². The first kappa shape index (κ1) is 15.2. The van der Waals surface area contributed by atoms with E-state index in [-0.39, 0.29) is 22.5 Å². The van der Waals surface area contributed by atoms with Crippen molar-refractivity contribution in [2.24, 2.45) is 7.05 Å². The quantitative estimate of drug-likeness (QED) is 0.792. The van der Waals surface area contributed by atoms with Crippen LogP contribution in [0, 0.1) is 5.82 Å². The van der Waals surface area contributed by atoms with Crippen LogP contribution in [0.5, 0.6) is 0 Å². The van der Waals surface area contributed by atoms with Crippen molar-refractivity contribution in [2.75, 3.05) is 5.32 Å². The normalized spacial score (nSPS) is 10.7. The highest BCUT2D eigenvalue weighted by molar-refractivity contribution is 6.34. The van der Waals surface area contributed by atoms with E-state index in [1.54, 1.807) is 19.2 Å². The molecular weight excluding hydrogens is 323 g/mol. The Kier molecular flexibility index (Phi) is 4.07. The average molecular weight is 335 g/mol. The Labute approximate surface area is 135 Å². The third-order valence-electron chi connectivity index (χ3n) is 3.02. The van der Waals surface area contributed by atoms with E-state index in [1.807, 2.05) is 0 Å². The monoisotopic (exact) mass is 334 g/mol.